The number of benzene rings is 2. The monoisotopic (exact) mass is 536 g/mol. The van der Waals surface area contributed by atoms with Crippen LogP contribution in [0.5, 0.6) is 11.5 Å². The third-order valence-corrected chi connectivity index (χ3v) is 7.08. The minimum atomic E-state index is 0.0573. The number of para-hydroxylation sites is 1. The van der Waals surface area contributed by atoms with Crippen LogP contribution in [-0.2, 0) is 4.79 Å². The molecule has 1 saturated heterocycles. The Morgan fingerprint density at radius 2 is 1.82 bits per heavy atom. The molecular formula is C30H32N8O2. The van der Waals surface area contributed by atoms with E-state index in [1.54, 1.807) is 12.4 Å². The largest absolute Gasteiger partial charge is 0.457 e. The summed E-state index contributed by atoms with van der Waals surface area (Å²) in [5.41, 5.74) is 2.58. The second-order valence-corrected chi connectivity index (χ2v) is 10.2. The Bertz CT molecular complexity index is 1540. The van der Waals surface area contributed by atoms with Gasteiger partial charge in [-0.25, -0.2) is 15.0 Å². The average Bonchev–Trinajstić information content (AvgIpc) is 3.42. The van der Waals surface area contributed by atoms with Crippen LogP contribution in [0.2, 0.25) is 0 Å². The number of nitrogens with one attached hydrogen (secondary N) is 2. The number of aromatic amines is 1. The number of likely N-dealkylation sites (tertiary alicyclic amines) is 1. The summed E-state index contributed by atoms with van der Waals surface area (Å²) in [6, 6.07) is 17.6. The van der Waals surface area contributed by atoms with Gasteiger partial charge in [-0.1, -0.05) is 24.3 Å². The van der Waals surface area contributed by atoms with Gasteiger partial charge in [-0.2, -0.15) is 5.10 Å². The van der Waals surface area contributed by atoms with E-state index in [0.29, 0.717) is 13.1 Å². The number of carbonyl (C=O) groups excluding carboxylic acids is 1. The van der Waals surface area contributed by atoms with Crippen LogP contribution in [0, 0.1) is 0 Å². The van der Waals surface area contributed by atoms with E-state index in [2.05, 4.69) is 20.3 Å². The summed E-state index contributed by atoms with van der Waals surface area (Å²) >= 11 is 0. The van der Waals surface area contributed by atoms with Gasteiger partial charge in [0.15, 0.2) is 11.7 Å². The van der Waals surface area contributed by atoms with Crippen molar-refractivity contribution in [3.63, 3.8) is 0 Å². The van der Waals surface area contributed by atoms with Crippen molar-refractivity contribution in [1.82, 2.24) is 24.8 Å². The van der Waals surface area contributed by atoms with Crippen molar-refractivity contribution < 1.29 is 9.53 Å². The molecule has 10 nitrogen and oxygen atoms in total. The number of hydrazone groups is 1. The van der Waals surface area contributed by atoms with Crippen molar-refractivity contribution in [2.24, 2.45) is 5.10 Å². The second-order valence-electron chi connectivity index (χ2n) is 10.2. The van der Waals surface area contributed by atoms with E-state index in [-0.39, 0.29) is 11.9 Å². The Balaban J connectivity index is 1.19. The van der Waals surface area contributed by atoms with Gasteiger partial charge in [0.05, 0.1) is 11.4 Å². The lowest BCUT2D eigenvalue weighted by Gasteiger charge is -2.37. The molecule has 0 bridgehead atoms. The number of nitrogens with zero attached hydrogens (tertiary/aromatic N) is 6. The van der Waals surface area contributed by atoms with Crippen molar-refractivity contribution in [3.8, 4) is 11.5 Å². The second kappa shape index (κ2) is 11.2. The fourth-order valence-electron chi connectivity index (χ4n) is 5.03. The molecule has 1 amide bonds. The molecule has 40 heavy (non-hydrogen) atoms. The Kier molecular flexibility index (Phi) is 7.15. The van der Waals surface area contributed by atoms with Gasteiger partial charge < -0.3 is 24.8 Å². The highest BCUT2D eigenvalue weighted by atomic mass is 16.5. The number of amidine groups is 1. The van der Waals surface area contributed by atoms with Crippen LogP contribution in [0.25, 0.3) is 11.0 Å². The molecule has 204 valence electrons. The number of anilines is 2. The number of H-pyrrole nitrogens is 1. The molecule has 0 saturated carbocycles. The Hall–Kier alpha value is -4.70. The maximum atomic E-state index is 12.7. The number of rotatable bonds is 7. The molecule has 2 aliphatic heterocycles. The molecule has 10 heteroatoms. The minimum Gasteiger partial charge on any atom is -0.457 e. The van der Waals surface area contributed by atoms with Crippen LogP contribution >= 0.6 is 0 Å². The van der Waals surface area contributed by atoms with Crippen LogP contribution in [0.15, 0.2) is 84.4 Å². The SMILES string of the molecule is CN(C)C/C=C/C(=O)N1CCC(N2N=C(Nc3ccc(Oc4ccccc4)cc3)c3c[nH]c4ncnc2c34)CC1. The van der Waals surface area contributed by atoms with Crippen molar-refractivity contribution in [3.05, 3.63) is 84.8 Å². The molecule has 2 N–H and O–H groups in total. The first-order chi connectivity index (χ1) is 19.5. The fraction of sp³-hybridized carbons (Fsp3) is 0.267. The van der Waals surface area contributed by atoms with E-state index >= 15 is 0 Å². The van der Waals surface area contributed by atoms with Crippen LogP contribution in [0.4, 0.5) is 11.5 Å². The van der Waals surface area contributed by atoms with Gasteiger partial charge >= 0.3 is 0 Å². The number of hydrogen-bond donors (Lipinski definition) is 2. The van der Waals surface area contributed by atoms with E-state index in [4.69, 9.17) is 9.84 Å². The first-order valence-corrected chi connectivity index (χ1v) is 13.5. The molecule has 0 atom stereocenters. The van der Waals surface area contributed by atoms with Crippen LogP contribution in [0.1, 0.15) is 18.4 Å². The van der Waals surface area contributed by atoms with E-state index < -0.39 is 0 Å². The number of amides is 1. The lowest BCUT2D eigenvalue weighted by atomic mass is 10.0. The molecule has 4 heterocycles. The average molecular weight is 537 g/mol. The molecule has 2 aromatic heterocycles. The lowest BCUT2D eigenvalue weighted by Crippen LogP contribution is -2.46. The highest BCUT2D eigenvalue weighted by Gasteiger charge is 2.33. The van der Waals surface area contributed by atoms with Crippen molar-refractivity contribution >= 4 is 34.3 Å². The van der Waals surface area contributed by atoms with E-state index in [1.807, 2.05) is 95.8 Å². The molecule has 1 fully saturated rings. The first kappa shape index (κ1) is 25.6. The van der Waals surface area contributed by atoms with Crippen LogP contribution < -0.4 is 15.1 Å². The topological polar surface area (TPSA) is 102 Å². The smallest absolute Gasteiger partial charge is 0.246 e. The first-order valence-electron chi connectivity index (χ1n) is 13.5. The van der Waals surface area contributed by atoms with Gasteiger partial charge in [0.2, 0.25) is 5.91 Å². The normalized spacial score (nSPS) is 15.6. The Morgan fingerprint density at radius 1 is 1.07 bits per heavy atom. The van der Waals surface area contributed by atoms with E-state index in [0.717, 1.165) is 64.8 Å². The highest BCUT2D eigenvalue weighted by molar-refractivity contribution is 6.19. The molecule has 2 aliphatic rings. The standard InChI is InChI=1S/C30H32N8O2/c1-36(2)16-6-9-26(39)37-17-14-22(15-18-37)38-30-27-25(19-31-29(27)32-20-33-30)28(35-38)34-21-10-12-24(13-11-21)40-23-7-4-3-5-8-23/h3-13,19-20,22H,14-18H2,1-2H3,(H,34,35)(H,31,32,33)/b9-6+. The number of ether oxygens (including phenoxy) is 1. The zero-order valence-corrected chi connectivity index (χ0v) is 22.6. The van der Waals surface area contributed by atoms with E-state index in [9.17, 15) is 4.79 Å². The van der Waals surface area contributed by atoms with Crippen molar-refractivity contribution in [2.45, 2.75) is 18.9 Å². The van der Waals surface area contributed by atoms with Gasteiger partial charge in [-0.3, -0.25) is 4.79 Å². The summed E-state index contributed by atoms with van der Waals surface area (Å²) in [6.07, 6.45) is 8.66. The van der Waals surface area contributed by atoms with Gasteiger partial charge in [0.1, 0.15) is 23.5 Å². The predicted octanol–water partition coefficient (Wildman–Crippen LogP) is 4.45. The van der Waals surface area contributed by atoms with Gasteiger partial charge in [-0.15, -0.1) is 0 Å². The maximum absolute atomic E-state index is 12.7. The van der Waals surface area contributed by atoms with E-state index in [1.165, 1.54) is 0 Å². The van der Waals surface area contributed by atoms with Gasteiger partial charge in [0, 0.05) is 43.2 Å². The summed E-state index contributed by atoms with van der Waals surface area (Å²) in [6.45, 7) is 2.08. The summed E-state index contributed by atoms with van der Waals surface area (Å²) in [4.78, 5) is 28.9. The Morgan fingerprint density at radius 3 is 2.58 bits per heavy atom. The maximum Gasteiger partial charge on any atom is 0.246 e. The molecule has 0 unspecified atom stereocenters. The fourth-order valence-corrected chi connectivity index (χ4v) is 5.03. The number of aromatic nitrogens is 3. The third kappa shape index (κ3) is 5.39. The summed E-state index contributed by atoms with van der Waals surface area (Å²) in [7, 11) is 3.97. The number of piperidine rings is 1. The number of carbonyl (C=O) groups is 1. The molecule has 6 rings (SSSR count). The minimum absolute atomic E-state index is 0.0573. The zero-order valence-electron chi connectivity index (χ0n) is 22.6. The predicted molar refractivity (Wildman–Crippen MR) is 157 cm³/mol. The third-order valence-electron chi connectivity index (χ3n) is 7.08. The molecular weight excluding hydrogens is 504 g/mol. The summed E-state index contributed by atoms with van der Waals surface area (Å²) in [5, 5.41) is 11.5. The molecule has 4 aromatic rings. The number of likely N-dealkylation sites (N-methyl/N-ethyl adjacent to an activating group) is 1. The summed E-state index contributed by atoms with van der Waals surface area (Å²) < 4.78 is 5.94. The number of hydrogen-bond acceptors (Lipinski definition) is 8. The molecule has 2 aromatic carbocycles. The molecule has 0 aliphatic carbocycles. The van der Waals surface area contributed by atoms with Crippen molar-refractivity contribution in [1.29, 1.82) is 0 Å². The highest BCUT2D eigenvalue weighted by Crippen LogP contribution is 2.35. The molecule has 0 radical (unpaired) electrons. The van der Waals surface area contributed by atoms with Crippen LogP contribution in [-0.4, -0.2) is 76.3 Å². The van der Waals surface area contributed by atoms with Gasteiger partial charge in [-0.05, 0) is 63.3 Å². The van der Waals surface area contributed by atoms with Gasteiger partial charge in [0.25, 0.3) is 0 Å². The Labute approximate surface area is 233 Å². The molecule has 0 spiro atoms. The lowest BCUT2D eigenvalue weighted by molar-refractivity contribution is -0.127. The zero-order chi connectivity index (χ0) is 27.5. The quantitative estimate of drug-likeness (QED) is 0.337. The summed E-state index contributed by atoms with van der Waals surface area (Å²) in [5.74, 6) is 3.11. The van der Waals surface area contributed by atoms with Crippen LogP contribution in [0.3, 0.4) is 0 Å². The van der Waals surface area contributed by atoms with Crippen molar-refractivity contribution in [2.75, 3.05) is 44.1 Å².